The number of carbonyl (C=O) groups is 2. The molecule has 2 aromatic carbocycles. The zero-order chi connectivity index (χ0) is 23.4. The molecule has 174 valence electrons. The van der Waals surface area contributed by atoms with E-state index in [1.165, 1.54) is 12.0 Å². The Kier molecular flexibility index (Phi) is 10.4. The first-order valence-corrected chi connectivity index (χ1v) is 12.7. The zero-order valence-corrected chi connectivity index (χ0v) is 19.6. The molecule has 8 heteroatoms. The third-order valence-corrected chi connectivity index (χ3v) is 7.09. The summed E-state index contributed by atoms with van der Waals surface area (Å²) in [6, 6.07) is 16.7. The van der Waals surface area contributed by atoms with Gasteiger partial charge >= 0.3 is 12.1 Å². The Bertz CT molecular complexity index is 918. The van der Waals surface area contributed by atoms with Gasteiger partial charge in [-0.1, -0.05) is 55.0 Å². The van der Waals surface area contributed by atoms with Crippen molar-refractivity contribution >= 4 is 19.4 Å². The van der Waals surface area contributed by atoms with E-state index in [1.807, 2.05) is 42.5 Å². The molecule has 0 aliphatic rings. The number of carbonyl (C=O) groups excluding carboxylic acids is 2. The van der Waals surface area contributed by atoms with Crippen LogP contribution in [0.3, 0.4) is 0 Å². The number of esters is 1. The number of amides is 1. The van der Waals surface area contributed by atoms with Crippen molar-refractivity contribution in [1.29, 1.82) is 0 Å². The van der Waals surface area contributed by atoms with E-state index < -0.39 is 13.5 Å². The van der Waals surface area contributed by atoms with Crippen molar-refractivity contribution in [2.75, 3.05) is 33.0 Å². The van der Waals surface area contributed by atoms with Gasteiger partial charge in [0.25, 0.3) is 0 Å². The van der Waals surface area contributed by atoms with Crippen LogP contribution in [0.25, 0.3) is 0 Å². The van der Waals surface area contributed by atoms with Crippen molar-refractivity contribution in [2.45, 2.75) is 32.3 Å². The van der Waals surface area contributed by atoms with E-state index in [0.717, 1.165) is 24.0 Å². The van der Waals surface area contributed by atoms with Crippen LogP contribution in [0, 0.1) is 0 Å². The average Bonchev–Trinajstić information content (AvgIpc) is 2.81. The van der Waals surface area contributed by atoms with Crippen LogP contribution in [-0.2, 0) is 27.1 Å². The predicted octanol–water partition coefficient (Wildman–Crippen LogP) is 4.73. The maximum absolute atomic E-state index is 12.5. The van der Waals surface area contributed by atoms with Crippen molar-refractivity contribution in [2.24, 2.45) is 0 Å². The van der Waals surface area contributed by atoms with Crippen molar-refractivity contribution in [3.63, 3.8) is 0 Å². The molecule has 1 N–H and O–H groups in total. The van der Waals surface area contributed by atoms with Crippen LogP contribution < -0.4 is 0 Å². The lowest BCUT2D eigenvalue weighted by Gasteiger charge is -2.19. The maximum Gasteiger partial charge on any atom is 0.409 e. The van der Waals surface area contributed by atoms with Gasteiger partial charge in [0, 0.05) is 25.9 Å². The van der Waals surface area contributed by atoms with E-state index in [0.29, 0.717) is 18.4 Å². The number of unbranched alkanes of at least 4 members (excludes halogenated alkanes) is 2. The molecule has 0 saturated heterocycles. The lowest BCUT2D eigenvalue weighted by atomic mass is 10.0. The molecule has 0 bridgehead atoms. The van der Waals surface area contributed by atoms with Crippen molar-refractivity contribution in [1.82, 2.24) is 4.90 Å². The van der Waals surface area contributed by atoms with Crippen LogP contribution in [0.5, 0.6) is 0 Å². The minimum Gasteiger partial charge on any atom is -0.465 e. The van der Waals surface area contributed by atoms with Crippen molar-refractivity contribution < 1.29 is 28.5 Å². The van der Waals surface area contributed by atoms with Crippen LogP contribution in [-0.4, -0.2) is 54.9 Å². The number of methoxy groups -OCH3 is 1. The maximum atomic E-state index is 12.5. The fourth-order valence-electron chi connectivity index (χ4n) is 3.24. The molecule has 0 aromatic heterocycles. The second kappa shape index (κ2) is 13.0. The van der Waals surface area contributed by atoms with Gasteiger partial charge in [-0.15, -0.1) is 0 Å². The number of hydrogen-bond acceptors (Lipinski definition) is 5. The quantitative estimate of drug-likeness (QED) is 0.279. The molecule has 2 rings (SSSR count). The van der Waals surface area contributed by atoms with Gasteiger partial charge in [-0.2, -0.15) is 0 Å². The summed E-state index contributed by atoms with van der Waals surface area (Å²) in [6.45, 7) is 0.327. The van der Waals surface area contributed by atoms with E-state index in [2.05, 4.69) is 0 Å². The lowest BCUT2D eigenvalue weighted by molar-refractivity contribution is 0.0599. The summed E-state index contributed by atoms with van der Waals surface area (Å²) in [6.07, 6.45) is 2.62. The van der Waals surface area contributed by atoms with Crippen LogP contribution in [0.15, 0.2) is 54.6 Å². The highest BCUT2D eigenvalue weighted by molar-refractivity contribution is 7.58. The smallest absolute Gasteiger partial charge is 0.409 e. The van der Waals surface area contributed by atoms with Crippen LogP contribution >= 0.6 is 7.37 Å². The highest BCUT2D eigenvalue weighted by Gasteiger charge is 2.20. The molecular weight excluding hydrogens is 429 g/mol. The number of ether oxygens (including phenoxy) is 2. The molecule has 0 saturated carbocycles. The van der Waals surface area contributed by atoms with E-state index in [-0.39, 0.29) is 31.4 Å². The second-order valence-electron chi connectivity index (χ2n) is 7.71. The summed E-state index contributed by atoms with van der Waals surface area (Å²) in [7, 11) is -0.408. The fraction of sp³-hybridized carbons (Fsp3) is 0.417. The highest BCUT2D eigenvalue weighted by atomic mass is 31.2. The third-order valence-electron chi connectivity index (χ3n) is 5.18. The standard InChI is InChI=1S/C24H32NO6P/c1-25(24(27)31-19-20-11-5-3-6-12-20)16-18-32(28,29)17-10-4-7-13-21-14-8-9-15-22(21)23(26)30-2/h3,5-6,8-9,11-12,14-15H,4,7,10,13,16-19H2,1-2H3,(H,28,29). The average molecular weight is 461 g/mol. The number of nitrogens with zero attached hydrogens (tertiary/aromatic N) is 1. The highest BCUT2D eigenvalue weighted by Crippen LogP contribution is 2.41. The number of aryl methyl sites for hydroxylation is 1. The lowest BCUT2D eigenvalue weighted by Crippen LogP contribution is -2.30. The second-order valence-corrected chi connectivity index (χ2v) is 10.3. The van der Waals surface area contributed by atoms with Gasteiger partial charge in [-0.25, -0.2) is 9.59 Å². The summed E-state index contributed by atoms with van der Waals surface area (Å²) >= 11 is 0. The monoisotopic (exact) mass is 461 g/mol. The van der Waals surface area contributed by atoms with Gasteiger partial charge in [0.15, 0.2) is 0 Å². The first-order chi connectivity index (χ1) is 15.3. The van der Waals surface area contributed by atoms with Gasteiger partial charge in [-0.05, 0) is 36.5 Å². The molecule has 0 fully saturated rings. The van der Waals surface area contributed by atoms with Crippen molar-refractivity contribution in [3.8, 4) is 0 Å². The Labute approximate surface area is 189 Å². The van der Waals surface area contributed by atoms with Gasteiger partial charge in [-0.3, -0.25) is 4.57 Å². The first kappa shape index (κ1) is 25.6. The molecule has 0 aliphatic carbocycles. The minimum absolute atomic E-state index is 0.0368. The molecule has 1 unspecified atom stereocenters. The van der Waals surface area contributed by atoms with Gasteiger partial charge in [0.1, 0.15) is 6.61 Å². The molecule has 1 amide bonds. The van der Waals surface area contributed by atoms with Crippen LogP contribution in [0.2, 0.25) is 0 Å². The molecule has 2 aromatic rings. The SMILES string of the molecule is COC(=O)c1ccccc1CCCCCP(=O)(O)CCN(C)C(=O)OCc1ccccc1. The summed E-state index contributed by atoms with van der Waals surface area (Å²) in [5.41, 5.74) is 2.36. The van der Waals surface area contributed by atoms with Gasteiger partial charge in [0.2, 0.25) is 7.37 Å². The normalized spacial score (nSPS) is 12.6. The van der Waals surface area contributed by atoms with Crippen LogP contribution in [0.1, 0.15) is 40.7 Å². The molecule has 0 aliphatic heterocycles. The number of hydrogen-bond donors (Lipinski definition) is 1. The first-order valence-electron chi connectivity index (χ1n) is 10.7. The molecule has 0 spiro atoms. The van der Waals surface area contributed by atoms with E-state index in [9.17, 15) is 19.0 Å². The Balaban J connectivity index is 1.66. The minimum atomic E-state index is -3.33. The summed E-state index contributed by atoms with van der Waals surface area (Å²) in [4.78, 5) is 35.4. The van der Waals surface area contributed by atoms with Gasteiger partial charge in [0.05, 0.1) is 12.7 Å². The fourth-order valence-corrected chi connectivity index (χ4v) is 4.79. The predicted molar refractivity (Wildman–Crippen MR) is 124 cm³/mol. The van der Waals surface area contributed by atoms with Crippen LogP contribution in [0.4, 0.5) is 4.79 Å². The summed E-state index contributed by atoms with van der Waals surface area (Å²) in [5, 5.41) is 0. The largest absolute Gasteiger partial charge is 0.465 e. The number of benzene rings is 2. The molecule has 32 heavy (non-hydrogen) atoms. The van der Waals surface area contributed by atoms with Gasteiger partial charge < -0.3 is 19.3 Å². The van der Waals surface area contributed by atoms with Crippen molar-refractivity contribution in [3.05, 3.63) is 71.3 Å². The van der Waals surface area contributed by atoms with E-state index in [4.69, 9.17) is 9.47 Å². The molecule has 0 heterocycles. The Morgan fingerprint density at radius 1 is 0.969 bits per heavy atom. The summed E-state index contributed by atoms with van der Waals surface area (Å²) < 4.78 is 22.5. The Morgan fingerprint density at radius 2 is 1.66 bits per heavy atom. The van der Waals surface area contributed by atoms with E-state index in [1.54, 1.807) is 19.2 Å². The molecule has 0 radical (unpaired) electrons. The third kappa shape index (κ3) is 8.85. The topological polar surface area (TPSA) is 93.1 Å². The number of rotatable bonds is 12. The zero-order valence-electron chi connectivity index (χ0n) is 18.7. The summed E-state index contributed by atoms with van der Waals surface area (Å²) in [5.74, 6) is -0.355. The molecule has 7 nitrogen and oxygen atoms in total. The Hall–Kier alpha value is -2.63. The molecule has 1 atom stereocenters. The Morgan fingerprint density at radius 3 is 2.38 bits per heavy atom. The molecular formula is C24H32NO6P. The van der Waals surface area contributed by atoms with E-state index >= 15 is 0 Å².